The van der Waals surface area contributed by atoms with Crippen LogP contribution in [-0.2, 0) is 4.79 Å². The summed E-state index contributed by atoms with van der Waals surface area (Å²) in [6, 6.07) is 5.69. The van der Waals surface area contributed by atoms with Crippen LogP contribution in [0.4, 0.5) is 5.82 Å². The minimum Gasteiger partial charge on any atom is -0.493 e. The zero-order chi connectivity index (χ0) is 15.4. The molecule has 1 aromatic carbocycles. The molecule has 1 saturated carbocycles. The van der Waals surface area contributed by atoms with Crippen LogP contribution in [0.3, 0.4) is 0 Å². The van der Waals surface area contributed by atoms with Crippen molar-refractivity contribution in [1.29, 1.82) is 0 Å². The molecule has 0 saturated heterocycles. The number of H-pyrrole nitrogens is 1. The van der Waals surface area contributed by atoms with Crippen LogP contribution < -0.4 is 14.8 Å². The van der Waals surface area contributed by atoms with Crippen LogP contribution >= 0.6 is 0 Å². The van der Waals surface area contributed by atoms with Gasteiger partial charge in [-0.1, -0.05) is 0 Å². The number of aromatic amines is 1. The van der Waals surface area contributed by atoms with Gasteiger partial charge in [0.15, 0.2) is 11.5 Å². The van der Waals surface area contributed by atoms with Gasteiger partial charge in [-0.25, -0.2) is 4.98 Å². The molecule has 3 rings (SSSR count). The van der Waals surface area contributed by atoms with Crippen molar-refractivity contribution in [2.24, 2.45) is 0 Å². The van der Waals surface area contributed by atoms with Gasteiger partial charge >= 0.3 is 0 Å². The summed E-state index contributed by atoms with van der Waals surface area (Å²) in [7, 11) is 1.63. The van der Waals surface area contributed by atoms with Crippen molar-refractivity contribution < 1.29 is 14.3 Å². The summed E-state index contributed by atoms with van der Waals surface area (Å²) in [5.74, 6) is 2.67. The number of nitrogens with one attached hydrogen (secondary N) is 2. The third-order valence-corrected chi connectivity index (χ3v) is 3.82. The van der Waals surface area contributed by atoms with E-state index in [2.05, 4.69) is 15.3 Å². The number of methoxy groups -OCH3 is 1. The smallest absolute Gasteiger partial charge is 0.212 e. The van der Waals surface area contributed by atoms with Gasteiger partial charge in [0.1, 0.15) is 11.6 Å². The first-order valence-corrected chi connectivity index (χ1v) is 7.40. The van der Waals surface area contributed by atoms with Gasteiger partial charge in [0.05, 0.1) is 19.4 Å². The lowest BCUT2D eigenvalue weighted by molar-refractivity contribution is -0.105. The minimum atomic E-state index is 0.257. The summed E-state index contributed by atoms with van der Waals surface area (Å²) in [6.45, 7) is 0. The summed E-state index contributed by atoms with van der Waals surface area (Å²) in [5, 5.41) is 2.54. The van der Waals surface area contributed by atoms with Gasteiger partial charge in [0.2, 0.25) is 6.41 Å². The van der Waals surface area contributed by atoms with Gasteiger partial charge in [0.25, 0.3) is 0 Å². The number of benzene rings is 1. The molecule has 1 aliphatic rings. The molecule has 6 heteroatoms. The molecule has 2 aromatic rings. The summed E-state index contributed by atoms with van der Waals surface area (Å²) in [5.41, 5.74) is 0.882. The van der Waals surface area contributed by atoms with E-state index in [-0.39, 0.29) is 6.10 Å². The summed E-state index contributed by atoms with van der Waals surface area (Å²) >= 11 is 0. The number of amides is 1. The van der Waals surface area contributed by atoms with E-state index in [1.807, 2.05) is 18.2 Å². The monoisotopic (exact) mass is 301 g/mol. The Morgan fingerprint density at radius 1 is 1.32 bits per heavy atom. The van der Waals surface area contributed by atoms with Crippen molar-refractivity contribution in [3.8, 4) is 22.9 Å². The van der Waals surface area contributed by atoms with E-state index in [0.717, 1.165) is 24.2 Å². The topological polar surface area (TPSA) is 76.2 Å². The normalized spacial score (nSPS) is 14.8. The Morgan fingerprint density at radius 3 is 2.86 bits per heavy atom. The number of aromatic nitrogens is 2. The second kappa shape index (κ2) is 6.51. The van der Waals surface area contributed by atoms with Gasteiger partial charge in [-0.15, -0.1) is 0 Å². The van der Waals surface area contributed by atoms with E-state index >= 15 is 0 Å². The lowest BCUT2D eigenvalue weighted by Gasteiger charge is -2.16. The van der Waals surface area contributed by atoms with Crippen molar-refractivity contribution in [2.45, 2.75) is 31.8 Å². The number of carbonyl (C=O) groups excluding carboxylic acids is 1. The fourth-order valence-corrected chi connectivity index (χ4v) is 2.71. The SMILES string of the molecule is COc1ccc(-c2ncc(NC=O)[nH]2)cc1OC1CCCC1. The number of ether oxygens (including phenoxy) is 2. The van der Waals surface area contributed by atoms with E-state index in [9.17, 15) is 4.79 Å². The van der Waals surface area contributed by atoms with Crippen LogP contribution in [0.2, 0.25) is 0 Å². The number of imidazole rings is 1. The largest absolute Gasteiger partial charge is 0.493 e. The molecule has 1 fully saturated rings. The standard InChI is InChI=1S/C16H19N3O3/c1-21-13-7-6-11(16-17-9-15(19-16)18-10-20)8-14(13)22-12-4-2-3-5-12/h6-10,12H,2-5H2,1H3,(H,17,19)(H,18,20). The molecule has 0 unspecified atom stereocenters. The predicted molar refractivity (Wildman–Crippen MR) is 83.1 cm³/mol. The molecule has 1 aliphatic carbocycles. The van der Waals surface area contributed by atoms with Crippen molar-refractivity contribution in [3.63, 3.8) is 0 Å². The summed E-state index contributed by atoms with van der Waals surface area (Å²) in [4.78, 5) is 17.8. The number of carbonyl (C=O) groups is 1. The van der Waals surface area contributed by atoms with Crippen LogP contribution in [-0.4, -0.2) is 29.6 Å². The maximum Gasteiger partial charge on any atom is 0.212 e. The van der Waals surface area contributed by atoms with Crippen LogP contribution in [0.25, 0.3) is 11.4 Å². The second-order valence-corrected chi connectivity index (χ2v) is 5.30. The van der Waals surface area contributed by atoms with Crippen LogP contribution in [0.5, 0.6) is 11.5 Å². The Morgan fingerprint density at radius 2 is 2.14 bits per heavy atom. The Balaban J connectivity index is 1.86. The lowest BCUT2D eigenvalue weighted by Crippen LogP contribution is -2.11. The van der Waals surface area contributed by atoms with E-state index < -0.39 is 0 Å². The first-order chi connectivity index (χ1) is 10.8. The van der Waals surface area contributed by atoms with E-state index in [4.69, 9.17) is 9.47 Å². The highest BCUT2D eigenvalue weighted by Crippen LogP contribution is 2.34. The Kier molecular flexibility index (Phi) is 4.27. The zero-order valence-corrected chi connectivity index (χ0v) is 12.5. The molecular formula is C16H19N3O3. The van der Waals surface area contributed by atoms with Gasteiger partial charge in [-0.2, -0.15) is 0 Å². The lowest BCUT2D eigenvalue weighted by atomic mass is 10.2. The number of anilines is 1. The number of hydrogen-bond donors (Lipinski definition) is 2. The molecule has 116 valence electrons. The molecule has 1 aromatic heterocycles. The fourth-order valence-electron chi connectivity index (χ4n) is 2.71. The van der Waals surface area contributed by atoms with Crippen LogP contribution in [0, 0.1) is 0 Å². The molecule has 2 N–H and O–H groups in total. The molecule has 0 bridgehead atoms. The molecule has 0 aliphatic heterocycles. The van der Waals surface area contributed by atoms with Gasteiger partial charge in [-0.3, -0.25) is 4.79 Å². The molecule has 1 amide bonds. The van der Waals surface area contributed by atoms with Crippen molar-refractivity contribution in [2.75, 3.05) is 12.4 Å². The van der Waals surface area contributed by atoms with Crippen molar-refractivity contribution in [1.82, 2.24) is 9.97 Å². The number of rotatable bonds is 6. The highest BCUT2D eigenvalue weighted by molar-refractivity contribution is 5.70. The molecule has 6 nitrogen and oxygen atoms in total. The van der Waals surface area contributed by atoms with Gasteiger partial charge in [0, 0.05) is 5.56 Å². The van der Waals surface area contributed by atoms with Gasteiger partial charge < -0.3 is 19.8 Å². The third-order valence-electron chi connectivity index (χ3n) is 3.82. The first kappa shape index (κ1) is 14.4. The van der Waals surface area contributed by atoms with Crippen molar-refractivity contribution >= 4 is 12.2 Å². The predicted octanol–water partition coefficient (Wildman–Crippen LogP) is 2.98. The van der Waals surface area contributed by atoms with Gasteiger partial charge in [-0.05, 0) is 43.9 Å². The molecule has 22 heavy (non-hydrogen) atoms. The average Bonchev–Trinajstić information content (AvgIpc) is 3.19. The summed E-state index contributed by atoms with van der Waals surface area (Å²) < 4.78 is 11.5. The molecule has 0 radical (unpaired) electrons. The fraction of sp³-hybridized carbons (Fsp3) is 0.375. The highest BCUT2D eigenvalue weighted by atomic mass is 16.5. The van der Waals surface area contributed by atoms with E-state index in [1.165, 1.54) is 12.8 Å². The highest BCUT2D eigenvalue weighted by Gasteiger charge is 2.19. The Bertz CT molecular complexity index is 648. The Labute approximate surface area is 128 Å². The molecule has 0 atom stereocenters. The Hall–Kier alpha value is -2.50. The zero-order valence-electron chi connectivity index (χ0n) is 12.5. The third kappa shape index (κ3) is 3.05. The quantitative estimate of drug-likeness (QED) is 0.804. The number of hydrogen-bond acceptors (Lipinski definition) is 4. The van der Waals surface area contributed by atoms with Crippen molar-refractivity contribution in [3.05, 3.63) is 24.4 Å². The van der Waals surface area contributed by atoms with Crippen LogP contribution in [0.1, 0.15) is 25.7 Å². The first-order valence-electron chi connectivity index (χ1n) is 7.40. The van der Waals surface area contributed by atoms with Crippen LogP contribution in [0.15, 0.2) is 24.4 Å². The minimum absolute atomic E-state index is 0.257. The molecule has 1 heterocycles. The van der Waals surface area contributed by atoms with E-state index in [0.29, 0.717) is 23.8 Å². The maximum atomic E-state index is 10.5. The number of nitrogens with zero attached hydrogens (tertiary/aromatic N) is 1. The second-order valence-electron chi connectivity index (χ2n) is 5.30. The molecular weight excluding hydrogens is 282 g/mol. The average molecular weight is 301 g/mol. The van der Waals surface area contributed by atoms with E-state index in [1.54, 1.807) is 13.3 Å². The summed E-state index contributed by atoms with van der Waals surface area (Å²) in [6.07, 6.45) is 7.04. The molecule has 0 spiro atoms. The maximum absolute atomic E-state index is 10.5.